The van der Waals surface area contributed by atoms with Crippen LogP contribution in [0.4, 0.5) is 0 Å². The maximum atomic E-state index is 5.14. The molecule has 0 aliphatic rings. The summed E-state index contributed by atoms with van der Waals surface area (Å²) in [5.41, 5.74) is 5.14. The summed E-state index contributed by atoms with van der Waals surface area (Å²) in [7, 11) is -0.812. The molecule has 0 radical (unpaired) electrons. The van der Waals surface area contributed by atoms with Crippen molar-refractivity contribution in [3.63, 3.8) is 0 Å². The van der Waals surface area contributed by atoms with Gasteiger partial charge < -0.3 is 5.73 Å². The molecular weight excluding hydrogens is 650 g/mol. The summed E-state index contributed by atoms with van der Waals surface area (Å²) in [6.07, 6.45) is 2.39. The van der Waals surface area contributed by atoms with Gasteiger partial charge in [0.1, 0.15) is 0 Å². The molecule has 0 bridgehead atoms. The monoisotopic (exact) mass is 663 g/mol. The van der Waals surface area contributed by atoms with E-state index in [0.717, 1.165) is 6.54 Å². The Kier molecular flexibility index (Phi) is 22.1. The van der Waals surface area contributed by atoms with E-state index in [0.29, 0.717) is 0 Å². The number of halogens is 3. The van der Waals surface area contributed by atoms with Crippen molar-refractivity contribution in [1.82, 2.24) is 0 Å². The molecule has 0 saturated heterocycles. The summed E-state index contributed by atoms with van der Waals surface area (Å²) >= 11 is 7.62. The van der Waals surface area contributed by atoms with E-state index in [1.54, 1.807) is 0 Å². The topological polar surface area (TPSA) is 26.0 Å². The second-order valence-electron chi connectivity index (χ2n) is 1.39. The predicted octanol–water partition coefficient (Wildman–Crippen LogP) is 2.75. The Hall–Kier alpha value is 3.07. The quantitative estimate of drug-likeness (QED) is 0.358. The average Bonchev–Trinajstić information content (AvgIpc) is 1.66. The molecule has 0 rings (SSSR count). The number of unbranched alkanes of at least 4 members (excludes halogenated alkanes) is 1. The van der Waals surface area contributed by atoms with Gasteiger partial charge in [-0.2, -0.15) is 0 Å². The summed E-state index contributed by atoms with van der Waals surface area (Å²) in [6.45, 7) is 2.98. The fraction of sp³-hybridized carbons (Fsp3) is 1.00. The van der Waals surface area contributed by atoms with E-state index in [-0.39, 0.29) is 0 Å². The molecule has 1 nitrogen and oxygen atoms in total. The van der Waals surface area contributed by atoms with Crippen molar-refractivity contribution in [2.45, 2.75) is 19.8 Å². The third-order valence-corrected chi connectivity index (χ3v) is 0.558. The van der Waals surface area contributed by atoms with E-state index >= 15 is 0 Å². The first kappa shape index (κ1) is 14.6. The summed E-state index contributed by atoms with van der Waals surface area (Å²) in [5.74, 6) is 0. The maximum absolute atomic E-state index is 5.14. The molecule has 0 fully saturated rings. The molecule has 0 saturated carbocycles. The molecule has 9 heavy (non-hydrogen) atoms. The summed E-state index contributed by atoms with van der Waals surface area (Å²) < 4.78 is 0. The fourth-order valence-electron chi connectivity index (χ4n) is 0.204. The molecule has 0 aliphatic carbocycles. The molecule has 5 heteroatoms. The molecular formula is C4H12I3NPb. The van der Waals surface area contributed by atoms with E-state index in [2.05, 4.69) is 60.2 Å². The van der Waals surface area contributed by atoms with Crippen molar-refractivity contribution in [3.8, 4) is 0 Å². The molecule has 0 spiro atoms. The van der Waals surface area contributed by atoms with Crippen LogP contribution >= 0.6 is 53.3 Å². The summed E-state index contributed by atoms with van der Waals surface area (Å²) in [5, 5.41) is 0. The Balaban J connectivity index is 0. The Morgan fingerprint density at radius 3 is 1.67 bits per heavy atom. The third kappa shape index (κ3) is 35.4. The first-order valence-electron chi connectivity index (χ1n) is 2.77. The summed E-state index contributed by atoms with van der Waals surface area (Å²) in [6, 6.07) is 0. The van der Waals surface area contributed by atoms with E-state index in [1.165, 1.54) is 12.8 Å². The minimum absolute atomic E-state index is 0.812. The molecule has 0 atom stereocenters. The average molecular weight is 662 g/mol. The normalized spacial score (nSPS) is 8.67. The Morgan fingerprint density at radius 1 is 1.33 bits per heavy atom. The second kappa shape index (κ2) is 13.6. The minimum atomic E-state index is -0.812. The van der Waals surface area contributed by atoms with Crippen LogP contribution in [0.25, 0.3) is 0 Å². The van der Waals surface area contributed by atoms with Gasteiger partial charge in [0.2, 0.25) is 0 Å². The van der Waals surface area contributed by atoms with Gasteiger partial charge in [-0.15, -0.1) is 0 Å². The van der Waals surface area contributed by atoms with Gasteiger partial charge in [0.25, 0.3) is 0 Å². The number of rotatable bonds is 2. The van der Waals surface area contributed by atoms with E-state index in [1.807, 2.05) is 0 Å². The van der Waals surface area contributed by atoms with Crippen LogP contribution in [-0.4, -0.2) is 16.4 Å². The molecule has 0 heterocycles. The van der Waals surface area contributed by atoms with Crippen LogP contribution in [0.3, 0.4) is 0 Å². The molecule has 0 amide bonds. The Bertz CT molecular complexity index is 40.0. The molecule has 0 aromatic rings. The zero-order chi connectivity index (χ0) is 7.70. The van der Waals surface area contributed by atoms with Gasteiger partial charge in [-0.1, -0.05) is 13.3 Å². The molecule has 2 N–H and O–H groups in total. The van der Waals surface area contributed by atoms with Crippen LogP contribution in [-0.2, 0) is 0 Å². The van der Waals surface area contributed by atoms with E-state index < -0.39 is 9.82 Å². The fourth-order valence-corrected chi connectivity index (χ4v) is 0.204. The van der Waals surface area contributed by atoms with Crippen molar-refractivity contribution in [2.75, 3.05) is 6.54 Å². The number of hydrogen-bond acceptors (Lipinski definition) is 1. The van der Waals surface area contributed by atoms with Gasteiger partial charge in [0.05, 0.1) is 0 Å². The summed E-state index contributed by atoms with van der Waals surface area (Å²) in [4.78, 5) is 0. The van der Waals surface area contributed by atoms with Crippen molar-refractivity contribution in [2.24, 2.45) is 5.73 Å². The van der Waals surface area contributed by atoms with Crippen molar-refractivity contribution in [3.05, 3.63) is 0 Å². The van der Waals surface area contributed by atoms with E-state index in [4.69, 9.17) is 5.73 Å². The number of hydrogen-bond donors (Lipinski definition) is 1. The van der Waals surface area contributed by atoms with E-state index in [9.17, 15) is 0 Å². The van der Waals surface area contributed by atoms with Crippen LogP contribution in [0.2, 0.25) is 0 Å². The van der Waals surface area contributed by atoms with Crippen LogP contribution < -0.4 is 5.73 Å². The standard InChI is InChI=1S/C4H11N.3HI.Pb.H/c1-2-3-4-5;;;;;/h2-5H2,1H3;3*1H;;/q;;;;+3;/p-3. The van der Waals surface area contributed by atoms with Crippen molar-refractivity contribution >= 4 is 63.1 Å². The van der Waals surface area contributed by atoms with Gasteiger partial charge in [-0.25, -0.2) is 0 Å². The van der Waals surface area contributed by atoms with Crippen LogP contribution in [0.1, 0.15) is 19.8 Å². The third-order valence-electron chi connectivity index (χ3n) is 0.558. The molecule has 0 aromatic heterocycles. The molecule has 0 aliphatic heterocycles. The van der Waals surface area contributed by atoms with Gasteiger partial charge in [0, 0.05) is 0 Å². The van der Waals surface area contributed by atoms with Gasteiger partial charge >= 0.3 is 63.1 Å². The number of nitrogens with two attached hydrogens (primary N) is 1. The first-order chi connectivity index (χ1) is 4.15. The zero-order valence-electron chi connectivity index (χ0n) is 5.41. The second-order valence-corrected chi connectivity index (χ2v) is 98.8. The van der Waals surface area contributed by atoms with Crippen molar-refractivity contribution < 1.29 is 0 Å². The van der Waals surface area contributed by atoms with Crippen LogP contribution in [0.5, 0.6) is 0 Å². The predicted molar refractivity (Wildman–Crippen MR) is 73.2 cm³/mol. The van der Waals surface area contributed by atoms with Crippen LogP contribution in [0, 0.1) is 0 Å². The Labute approximate surface area is 92.8 Å². The molecule has 58 valence electrons. The van der Waals surface area contributed by atoms with Crippen LogP contribution in [0.15, 0.2) is 0 Å². The SMILES string of the molecule is CCCCN.[I][PbH]([I])[I]. The van der Waals surface area contributed by atoms with Crippen molar-refractivity contribution in [1.29, 1.82) is 0 Å². The van der Waals surface area contributed by atoms with Gasteiger partial charge in [-0.3, -0.25) is 0 Å². The van der Waals surface area contributed by atoms with Gasteiger partial charge in [-0.05, 0) is 13.0 Å². The van der Waals surface area contributed by atoms with Gasteiger partial charge in [0.15, 0.2) is 0 Å². The first-order valence-corrected chi connectivity index (χ1v) is 40.7. The molecule has 0 unspecified atom stereocenters. The zero-order valence-corrected chi connectivity index (χ0v) is 16.4. The molecule has 0 aromatic carbocycles. The Morgan fingerprint density at radius 2 is 1.67 bits per heavy atom.